The molecule has 0 bridgehead atoms. The van der Waals surface area contributed by atoms with E-state index in [2.05, 4.69) is 20.6 Å². The second kappa shape index (κ2) is 9.50. The van der Waals surface area contributed by atoms with Gasteiger partial charge in [0.05, 0.1) is 19.3 Å². The zero-order valence-electron chi connectivity index (χ0n) is 14.1. The summed E-state index contributed by atoms with van der Waals surface area (Å²) < 4.78 is 19.1. The molecule has 0 aliphatic rings. The Morgan fingerprint density at radius 3 is 2.88 bits per heavy atom. The van der Waals surface area contributed by atoms with Gasteiger partial charge in [-0.05, 0) is 43.2 Å². The molecule has 0 saturated carbocycles. The van der Waals surface area contributed by atoms with Crippen molar-refractivity contribution in [3.05, 3.63) is 59.7 Å². The van der Waals surface area contributed by atoms with Crippen LogP contribution in [0.3, 0.4) is 0 Å². The van der Waals surface area contributed by atoms with Crippen molar-refractivity contribution < 1.29 is 9.13 Å². The van der Waals surface area contributed by atoms with Crippen molar-refractivity contribution in [1.29, 1.82) is 0 Å². The number of aliphatic imine (C=N–C) groups is 1. The SMILES string of the molecule is CCNC(=NCc1ccc(C)c(F)c1)NCCOc1cccnc1. The van der Waals surface area contributed by atoms with Gasteiger partial charge in [0.1, 0.15) is 18.2 Å². The minimum atomic E-state index is -0.203. The number of hydrogen-bond donors (Lipinski definition) is 2. The molecule has 1 aromatic carbocycles. The highest BCUT2D eigenvalue weighted by molar-refractivity contribution is 5.79. The molecule has 0 amide bonds. The van der Waals surface area contributed by atoms with E-state index in [-0.39, 0.29) is 5.82 Å². The van der Waals surface area contributed by atoms with Crippen LogP contribution in [0.1, 0.15) is 18.1 Å². The summed E-state index contributed by atoms with van der Waals surface area (Å²) in [6, 6.07) is 8.86. The lowest BCUT2D eigenvalue weighted by atomic mass is 10.1. The molecule has 2 rings (SSSR count). The van der Waals surface area contributed by atoms with Crippen LogP contribution >= 0.6 is 0 Å². The van der Waals surface area contributed by atoms with Crippen molar-refractivity contribution in [3.8, 4) is 5.75 Å². The second-order valence-corrected chi connectivity index (χ2v) is 5.24. The summed E-state index contributed by atoms with van der Waals surface area (Å²) in [5.41, 5.74) is 1.47. The topological polar surface area (TPSA) is 58.5 Å². The summed E-state index contributed by atoms with van der Waals surface area (Å²) in [7, 11) is 0. The van der Waals surface area contributed by atoms with E-state index < -0.39 is 0 Å². The maximum absolute atomic E-state index is 13.6. The van der Waals surface area contributed by atoms with Crippen LogP contribution in [-0.4, -0.2) is 30.6 Å². The van der Waals surface area contributed by atoms with E-state index >= 15 is 0 Å². The lowest BCUT2D eigenvalue weighted by Gasteiger charge is -2.12. The maximum atomic E-state index is 13.6. The summed E-state index contributed by atoms with van der Waals surface area (Å²) in [4.78, 5) is 8.45. The first-order chi connectivity index (χ1) is 11.7. The zero-order valence-corrected chi connectivity index (χ0v) is 14.1. The normalized spacial score (nSPS) is 11.2. The average Bonchev–Trinajstić information content (AvgIpc) is 2.60. The molecule has 0 radical (unpaired) electrons. The van der Waals surface area contributed by atoms with Crippen molar-refractivity contribution in [3.63, 3.8) is 0 Å². The van der Waals surface area contributed by atoms with Crippen LogP contribution < -0.4 is 15.4 Å². The smallest absolute Gasteiger partial charge is 0.191 e. The summed E-state index contributed by atoms with van der Waals surface area (Å²) >= 11 is 0. The summed E-state index contributed by atoms with van der Waals surface area (Å²) in [5.74, 6) is 1.20. The minimum absolute atomic E-state index is 0.203. The highest BCUT2D eigenvalue weighted by atomic mass is 19.1. The molecule has 1 aromatic heterocycles. The Morgan fingerprint density at radius 2 is 2.17 bits per heavy atom. The fourth-order valence-electron chi connectivity index (χ4n) is 2.02. The van der Waals surface area contributed by atoms with Crippen LogP contribution in [0.2, 0.25) is 0 Å². The Hall–Kier alpha value is -2.63. The number of aryl methyl sites for hydroxylation is 1. The molecule has 0 aliphatic heterocycles. The molecular formula is C18H23FN4O. The van der Waals surface area contributed by atoms with Gasteiger partial charge in [-0.15, -0.1) is 0 Å². The van der Waals surface area contributed by atoms with Crippen molar-refractivity contribution in [1.82, 2.24) is 15.6 Å². The monoisotopic (exact) mass is 330 g/mol. The standard InChI is InChI=1S/C18H23FN4O/c1-3-21-18(22-9-10-24-16-5-4-8-20-13-16)23-12-15-7-6-14(2)17(19)11-15/h4-8,11,13H,3,9-10,12H2,1-2H3,(H2,21,22,23). The molecule has 0 fully saturated rings. The first-order valence-electron chi connectivity index (χ1n) is 7.99. The predicted molar refractivity (Wildman–Crippen MR) is 93.7 cm³/mol. The van der Waals surface area contributed by atoms with E-state index in [4.69, 9.17) is 4.74 Å². The second-order valence-electron chi connectivity index (χ2n) is 5.24. The van der Waals surface area contributed by atoms with Gasteiger partial charge in [-0.25, -0.2) is 9.38 Å². The fourth-order valence-corrected chi connectivity index (χ4v) is 2.02. The number of guanidine groups is 1. The van der Waals surface area contributed by atoms with E-state index in [0.717, 1.165) is 17.9 Å². The van der Waals surface area contributed by atoms with E-state index in [9.17, 15) is 4.39 Å². The van der Waals surface area contributed by atoms with Gasteiger partial charge in [0, 0.05) is 12.7 Å². The van der Waals surface area contributed by atoms with Gasteiger partial charge < -0.3 is 15.4 Å². The first-order valence-corrected chi connectivity index (χ1v) is 7.99. The quantitative estimate of drug-likeness (QED) is 0.465. The van der Waals surface area contributed by atoms with Gasteiger partial charge in [0.25, 0.3) is 0 Å². The fraction of sp³-hybridized carbons (Fsp3) is 0.333. The molecule has 128 valence electrons. The Bertz CT molecular complexity index is 661. The molecule has 0 aliphatic carbocycles. The molecule has 2 N–H and O–H groups in total. The Kier molecular flexibility index (Phi) is 7.01. The number of nitrogens with one attached hydrogen (secondary N) is 2. The van der Waals surface area contributed by atoms with E-state index in [1.165, 1.54) is 6.07 Å². The molecule has 0 unspecified atom stereocenters. The number of halogens is 1. The molecule has 0 saturated heterocycles. The summed E-state index contributed by atoms with van der Waals surface area (Å²) in [6.07, 6.45) is 3.38. The van der Waals surface area contributed by atoms with Crippen LogP contribution in [-0.2, 0) is 6.54 Å². The summed E-state index contributed by atoms with van der Waals surface area (Å²) in [6.45, 7) is 6.00. The van der Waals surface area contributed by atoms with Gasteiger partial charge in [-0.2, -0.15) is 0 Å². The first kappa shape index (κ1) is 17.7. The number of aromatic nitrogens is 1. The third-order valence-corrected chi connectivity index (χ3v) is 3.30. The number of pyridine rings is 1. The van der Waals surface area contributed by atoms with Crippen LogP contribution in [0.4, 0.5) is 4.39 Å². The largest absolute Gasteiger partial charge is 0.490 e. The van der Waals surface area contributed by atoms with Crippen molar-refractivity contribution in [2.45, 2.75) is 20.4 Å². The molecular weight excluding hydrogens is 307 g/mol. The highest BCUT2D eigenvalue weighted by Crippen LogP contribution is 2.10. The lowest BCUT2D eigenvalue weighted by molar-refractivity contribution is 0.320. The van der Waals surface area contributed by atoms with Gasteiger partial charge in [-0.3, -0.25) is 4.98 Å². The third kappa shape index (κ3) is 5.87. The third-order valence-electron chi connectivity index (χ3n) is 3.30. The van der Waals surface area contributed by atoms with Gasteiger partial charge in [0.2, 0.25) is 0 Å². The Balaban J connectivity index is 1.82. The lowest BCUT2D eigenvalue weighted by Crippen LogP contribution is -2.39. The molecule has 0 atom stereocenters. The van der Waals surface area contributed by atoms with Gasteiger partial charge in [-0.1, -0.05) is 12.1 Å². The van der Waals surface area contributed by atoms with Crippen LogP contribution in [0.15, 0.2) is 47.7 Å². The van der Waals surface area contributed by atoms with Gasteiger partial charge >= 0.3 is 0 Å². The van der Waals surface area contributed by atoms with Crippen LogP contribution in [0.25, 0.3) is 0 Å². The number of ether oxygens (including phenoxy) is 1. The molecule has 2 aromatic rings. The Labute approximate surface area is 142 Å². The molecule has 5 nitrogen and oxygen atoms in total. The van der Waals surface area contributed by atoms with Crippen molar-refractivity contribution >= 4 is 5.96 Å². The predicted octanol–water partition coefficient (Wildman–Crippen LogP) is 2.66. The van der Waals surface area contributed by atoms with Crippen molar-refractivity contribution in [2.24, 2.45) is 4.99 Å². The summed E-state index contributed by atoms with van der Waals surface area (Å²) in [5, 5.41) is 6.34. The van der Waals surface area contributed by atoms with Crippen LogP contribution in [0.5, 0.6) is 5.75 Å². The molecule has 24 heavy (non-hydrogen) atoms. The van der Waals surface area contributed by atoms with E-state index in [1.807, 2.05) is 25.1 Å². The van der Waals surface area contributed by atoms with Crippen molar-refractivity contribution in [2.75, 3.05) is 19.7 Å². The number of rotatable bonds is 7. The minimum Gasteiger partial charge on any atom is -0.490 e. The molecule has 0 spiro atoms. The van der Waals surface area contributed by atoms with Crippen LogP contribution in [0, 0.1) is 12.7 Å². The highest BCUT2D eigenvalue weighted by Gasteiger charge is 2.01. The maximum Gasteiger partial charge on any atom is 0.191 e. The van der Waals surface area contributed by atoms with E-state index in [0.29, 0.717) is 31.2 Å². The number of nitrogens with zero attached hydrogens (tertiary/aromatic N) is 2. The average molecular weight is 330 g/mol. The number of benzene rings is 1. The van der Waals surface area contributed by atoms with E-state index in [1.54, 1.807) is 25.4 Å². The Morgan fingerprint density at radius 1 is 1.29 bits per heavy atom. The number of hydrogen-bond acceptors (Lipinski definition) is 3. The van der Waals surface area contributed by atoms with Gasteiger partial charge in [0.15, 0.2) is 5.96 Å². The zero-order chi connectivity index (χ0) is 17.2. The molecule has 6 heteroatoms. The molecule has 1 heterocycles.